The summed E-state index contributed by atoms with van der Waals surface area (Å²) in [5.41, 5.74) is 9.53. The van der Waals surface area contributed by atoms with Gasteiger partial charge in [-0.1, -0.05) is 60.7 Å². The van der Waals surface area contributed by atoms with Crippen LogP contribution in [0.4, 0.5) is 5.95 Å². The van der Waals surface area contributed by atoms with Gasteiger partial charge in [0.05, 0.1) is 5.69 Å². The van der Waals surface area contributed by atoms with Gasteiger partial charge in [0.25, 0.3) is 0 Å². The van der Waals surface area contributed by atoms with Crippen molar-refractivity contribution < 1.29 is 4.79 Å². The molecule has 0 unspecified atom stereocenters. The van der Waals surface area contributed by atoms with E-state index in [-0.39, 0.29) is 11.8 Å². The van der Waals surface area contributed by atoms with E-state index >= 15 is 0 Å². The Morgan fingerprint density at radius 2 is 1.52 bits per heavy atom. The molecule has 0 radical (unpaired) electrons. The van der Waals surface area contributed by atoms with E-state index in [0.717, 1.165) is 48.3 Å². The number of aromatic nitrogens is 2. The zero-order chi connectivity index (χ0) is 18.6. The average molecular weight is 358 g/mol. The molecule has 136 valence electrons. The second-order valence-corrected chi connectivity index (χ2v) is 6.83. The lowest BCUT2D eigenvalue weighted by molar-refractivity contribution is -0.122. The normalized spacial score (nSPS) is 14.9. The molecule has 0 bridgehead atoms. The number of nitrogens with two attached hydrogens (primary N) is 1. The molecule has 5 heteroatoms. The summed E-state index contributed by atoms with van der Waals surface area (Å²) in [6.07, 6.45) is 3.40. The SMILES string of the molecule is NC(=O)C1CCN(c2ncc(-c3ccccc3)c(-c3ccccc3)n2)CC1. The van der Waals surface area contributed by atoms with Gasteiger partial charge in [-0.05, 0) is 18.4 Å². The van der Waals surface area contributed by atoms with Crippen molar-refractivity contribution in [1.29, 1.82) is 0 Å². The molecule has 1 aliphatic rings. The molecule has 4 rings (SSSR count). The van der Waals surface area contributed by atoms with Crippen LogP contribution in [0.5, 0.6) is 0 Å². The smallest absolute Gasteiger partial charge is 0.225 e. The molecule has 0 aliphatic carbocycles. The van der Waals surface area contributed by atoms with E-state index in [1.165, 1.54) is 0 Å². The van der Waals surface area contributed by atoms with Gasteiger partial charge < -0.3 is 10.6 Å². The van der Waals surface area contributed by atoms with E-state index in [2.05, 4.69) is 34.1 Å². The third-order valence-corrected chi connectivity index (χ3v) is 5.09. The van der Waals surface area contributed by atoms with Crippen molar-refractivity contribution in [3.05, 3.63) is 66.9 Å². The summed E-state index contributed by atoms with van der Waals surface area (Å²) < 4.78 is 0. The quantitative estimate of drug-likeness (QED) is 0.775. The number of anilines is 1. The van der Waals surface area contributed by atoms with Crippen LogP contribution in [0, 0.1) is 5.92 Å². The summed E-state index contributed by atoms with van der Waals surface area (Å²) in [4.78, 5) is 23.1. The molecule has 0 spiro atoms. The summed E-state index contributed by atoms with van der Waals surface area (Å²) >= 11 is 0. The molecule has 3 aromatic rings. The molecule has 1 amide bonds. The van der Waals surface area contributed by atoms with Crippen molar-refractivity contribution in [2.45, 2.75) is 12.8 Å². The van der Waals surface area contributed by atoms with Crippen molar-refractivity contribution in [2.24, 2.45) is 11.7 Å². The van der Waals surface area contributed by atoms with Crippen LogP contribution in [-0.4, -0.2) is 29.0 Å². The predicted octanol–water partition coefficient (Wildman–Crippen LogP) is 3.51. The van der Waals surface area contributed by atoms with Crippen molar-refractivity contribution >= 4 is 11.9 Å². The Morgan fingerprint density at radius 3 is 2.11 bits per heavy atom. The minimum atomic E-state index is -0.208. The topological polar surface area (TPSA) is 72.1 Å². The maximum atomic E-state index is 11.4. The zero-order valence-electron chi connectivity index (χ0n) is 15.1. The molecular formula is C22H22N4O. The highest BCUT2D eigenvalue weighted by atomic mass is 16.1. The minimum absolute atomic E-state index is 0.0431. The fourth-order valence-corrected chi connectivity index (χ4v) is 3.53. The molecule has 27 heavy (non-hydrogen) atoms. The fourth-order valence-electron chi connectivity index (χ4n) is 3.53. The lowest BCUT2D eigenvalue weighted by Gasteiger charge is -2.30. The molecule has 0 atom stereocenters. The van der Waals surface area contributed by atoms with E-state index in [1.54, 1.807) is 0 Å². The van der Waals surface area contributed by atoms with Crippen molar-refractivity contribution in [3.8, 4) is 22.4 Å². The molecule has 5 nitrogen and oxygen atoms in total. The van der Waals surface area contributed by atoms with Crippen LogP contribution in [0.2, 0.25) is 0 Å². The molecule has 2 heterocycles. The highest BCUT2D eigenvalue weighted by Gasteiger charge is 2.25. The van der Waals surface area contributed by atoms with E-state index in [0.29, 0.717) is 5.95 Å². The van der Waals surface area contributed by atoms with Crippen LogP contribution in [-0.2, 0) is 4.79 Å². The zero-order valence-corrected chi connectivity index (χ0v) is 15.1. The number of carbonyl (C=O) groups excluding carboxylic acids is 1. The predicted molar refractivity (Wildman–Crippen MR) is 107 cm³/mol. The Kier molecular flexibility index (Phi) is 4.83. The summed E-state index contributed by atoms with van der Waals surface area (Å²) in [7, 11) is 0. The number of hydrogen-bond acceptors (Lipinski definition) is 4. The Bertz CT molecular complexity index is 920. The van der Waals surface area contributed by atoms with Crippen LogP contribution in [0.1, 0.15) is 12.8 Å². The van der Waals surface area contributed by atoms with Gasteiger partial charge in [0.2, 0.25) is 11.9 Å². The number of amides is 1. The highest BCUT2D eigenvalue weighted by Crippen LogP contribution is 2.32. The van der Waals surface area contributed by atoms with Crippen LogP contribution in [0.15, 0.2) is 66.9 Å². The third-order valence-electron chi connectivity index (χ3n) is 5.09. The summed E-state index contributed by atoms with van der Waals surface area (Å²) in [5, 5.41) is 0. The molecule has 1 aromatic heterocycles. The largest absolute Gasteiger partial charge is 0.369 e. The van der Waals surface area contributed by atoms with Crippen LogP contribution in [0.3, 0.4) is 0 Å². The van der Waals surface area contributed by atoms with E-state index in [9.17, 15) is 4.79 Å². The van der Waals surface area contributed by atoms with Gasteiger partial charge in [0.1, 0.15) is 0 Å². The second kappa shape index (κ2) is 7.58. The average Bonchev–Trinajstić information content (AvgIpc) is 2.74. The fraction of sp³-hybridized carbons (Fsp3) is 0.227. The third kappa shape index (κ3) is 3.67. The lowest BCUT2D eigenvalue weighted by Crippen LogP contribution is -2.39. The number of nitrogens with zero attached hydrogens (tertiary/aromatic N) is 3. The first kappa shape index (κ1) is 17.2. The molecular weight excluding hydrogens is 336 g/mol. The first-order valence-corrected chi connectivity index (χ1v) is 9.24. The lowest BCUT2D eigenvalue weighted by atomic mass is 9.96. The molecule has 0 saturated carbocycles. The van der Waals surface area contributed by atoms with Gasteiger partial charge in [-0.3, -0.25) is 4.79 Å². The van der Waals surface area contributed by atoms with Gasteiger partial charge in [-0.15, -0.1) is 0 Å². The van der Waals surface area contributed by atoms with Gasteiger partial charge in [-0.25, -0.2) is 9.97 Å². The second-order valence-electron chi connectivity index (χ2n) is 6.83. The molecule has 1 saturated heterocycles. The number of hydrogen-bond donors (Lipinski definition) is 1. The summed E-state index contributed by atoms with van der Waals surface area (Å²) in [6.45, 7) is 1.49. The van der Waals surface area contributed by atoms with Gasteiger partial charge >= 0.3 is 0 Å². The highest BCUT2D eigenvalue weighted by molar-refractivity contribution is 5.81. The van der Waals surface area contributed by atoms with Gasteiger partial charge in [0.15, 0.2) is 0 Å². The van der Waals surface area contributed by atoms with Crippen molar-refractivity contribution in [3.63, 3.8) is 0 Å². The number of rotatable bonds is 4. The van der Waals surface area contributed by atoms with Crippen LogP contribution < -0.4 is 10.6 Å². The minimum Gasteiger partial charge on any atom is -0.369 e. The van der Waals surface area contributed by atoms with E-state index in [1.807, 2.05) is 42.6 Å². The number of piperidine rings is 1. The first-order valence-electron chi connectivity index (χ1n) is 9.24. The molecule has 1 aliphatic heterocycles. The van der Waals surface area contributed by atoms with Crippen molar-refractivity contribution in [2.75, 3.05) is 18.0 Å². The number of carbonyl (C=O) groups is 1. The maximum absolute atomic E-state index is 11.4. The molecule has 2 aromatic carbocycles. The first-order chi connectivity index (χ1) is 13.2. The van der Waals surface area contributed by atoms with E-state index in [4.69, 9.17) is 10.7 Å². The number of benzene rings is 2. The van der Waals surface area contributed by atoms with E-state index < -0.39 is 0 Å². The Morgan fingerprint density at radius 1 is 0.926 bits per heavy atom. The molecule has 1 fully saturated rings. The maximum Gasteiger partial charge on any atom is 0.225 e. The Labute approximate surface area is 158 Å². The molecule has 2 N–H and O–H groups in total. The van der Waals surface area contributed by atoms with Gasteiger partial charge in [0, 0.05) is 36.3 Å². The van der Waals surface area contributed by atoms with Crippen LogP contribution >= 0.6 is 0 Å². The monoisotopic (exact) mass is 358 g/mol. The summed E-state index contributed by atoms with van der Waals surface area (Å²) in [6, 6.07) is 20.4. The van der Waals surface area contributed by atoms with Crippen LogP contribution in [0.25, 0.3) is 22.4 Å². The summed E-state index contributed by atoms with van der Waals surface area (Å²) in [5.74, 6) is 0.454. The standard InChI is InChI=1S/C22H22N4O/c23-21(27)18-11-13-26(14-12-18)22-24-15-19(16-7-3-1-4-8-16)20(25-22)17-9-5-2-6-10-17/h1-10,15,18H,11-14H2,(H2,23,27). The number of primary amides is 1. The Balaban J connectivity index is 1.71. The van der Waals surface area contributed by atoms with Crippen molar-refractivity contribution in [1.82, 2.24) is 9.97 Å². The Hall–Kier alpha value is -3.21. The van der Waals surface area contributed by atoms with Gasteiger partial charge in [-0.2, -0.15) is 0 Å².